The van der Waals surface area contributed by atoms with Gasteiger partial charge in [0.05, 0.1) is 19.3 Å². The summed E-state index contributed by atoms with van der Waals surface area (Å²) in [6.07, 6.45) is 0.897. The lowest BCUT2D eigenvalue weighted by Crippen LogP contribution is -2.43. The summed E-state index contributed by atoms with van der Waals surface area (Å²) in [5, 5.41) is 9.33. The van der Waals surface area contributed by atoms with Crippen LogP contribution in [0.4, 0.5) is 0 Å². The first-order valence-corrected chi connectivity index (χ1v) is 7.30. The van der Waals surface area contributed by atoms with E-state index >= 15 is 0 Å². The maximum atomic E-state index is 9.33. The number of benzene rings is 1. The van der Waals surface area contributed by atoms with Crippen LogP contribution in [0.3, 0.4) is 0 Å². The third kappa shape index (κ3) is 4.56. The average Bonchev–Trinajstić information content (AvgIpc) is 2.46. The Morgan fingerprint density at radius 2 is 2.00 bits per heavy atom. The van der Waals surface area contributed by atoms with Crippen LogP contribution >= 0.6 is 0 Å². The van der Waals surface area contributed by atoms with E-state index in [9.17, 15) is 5.11 Å². The molecule has 0 spiro atoms. The molecular formula is C16H28N2O2. The number of hydrogen-bond donors (Lipinski definition) is 2. The average molecular weight is 280 g/mol. The van der Waals surface area contributed by atoms with Gasteiger partial charge in [0, 0.05) is 26.2 Å². The molecule has 1 aromatic rings. The molecule has 0 aliphatic heterocycles. The molecule has 0 aliphatic carbocycles. The fourth-order valence-electron chi connectivity index (χ4n) is 2.57. The second kappa shape index (κ2) is 9.08. The van der Waals surface area contributed by atoms with E-state index < -0.39 is 0 Å². The van der Waals surface area contributed by atoms with E-state index in [2.05, 4.69) is 30.9 Å². The molecule has 0 heterocycles. The Hall–Kier alpha value is -0.940. The first-order chi connectivity index (χ1) is 9.65. The minimum absolute atomic E-state index is 0.0412. The van der Waals surface area contributed by atoms with Crippen LogP contribution < -0.4 is 5.73 Å². The molecule has 2 unspecified atom stereocenters. The van der Waals surface area contributed by atoms with Gasteiger partial charge in [-0.05, 0) is 24.5 Å². The van der Waals surface area contributed by atoms with Crippen molar-refractivity contribution < 1.29 is 9.84 Å². The van der Waals surface area contributed by atoms with E-state index in [1.54, 1.807) is 7.11 Å². The number of rotatable bonds is 9. The maximum Gasteiger partial charge on any atom is 0.0589 e. The zero-order chi connectivity index (χ0) is 15.0. The molecule has 20 heavy (non-hydrogen) atoms. The summed E-state index contributed by atoms with van der Waals surface area (Å²) >= 11 is 0. The number of nitrogens with zero attached hydrogens (tertiary/aromatic N) is 1. The summed E-state index contributed by atoms with van der Waals surface area (Å²) in [5.41, 5.74) is 8.84. The van der Waals surface area contributed by atoms with Gasteiger partial charge in [-0.25, -0.2) is 0 Å². The van der Waals surface area contributed by atoms with Gasteiger partial charge in [-0.3, -0.25) is 4.90 Å². The standard InChI is InChI=1S/C16H28N2O2/c1-4-15(17)16(14-8-6-5-7-13(14)2)18(9-11-19)10-12-20-3/h5-8,15-16,19H,4,9-12,17H2,1-3H3. The smallest absolute Gasteiger partial charge is 0.0589 e. The number of ether oxygens (including phenoxy) is 1. The van der Waals surface area contributed by atoms with Crippen LogP contribution in [0, 0.1) is 6.92 Å². The molecule has 0 aromatic heterocycles. The predicted molar refractivity (Wildman–Crippen MR) is 82.7 cm³/mol. The second-order valence-corrected chi connectivity index (χ2v) is 5.13. The molecule has 0 radical (unpaired) electrons. The summed E-state index contributed by atoms with van der Waals surface area (Å²) in [4.78, 5) is 2.22. The van der Waals surface area contributed by atoms with Crippen molar-refractivity contribution in [2.45, 2.75) is 32.4 Å². The third-order valence-electron chi connectivity index (χ3n) is 3.75. The summed E-state index contributed by atoms with van der Waals surface area (Å²) < 4.78 is 5.18. The van der Waals surface area contributed by atoms with Crippen molar-refractivity contribution in [3.63, 3.8) is 0 Å². The molecule has 0 amide bonds. The normalized spacial score (nSPS) is 14.5. The summed E-state index contributed by atoms with van der Waals surface area (Å²) in [5.74, 6) is 0. The van der Waals surface area contributed by atoms with Gasteiger partial charge in [0.1, 0.15) is 0 Å². The van der Waals surface area contributed by atoms with Crippen LogP contribution in [0.5, 0.6) is 0 Å². The zero-order valence-electron chi connectivity index (χ0n) is 12.9. The van der Waals surface area contributed by atoms with Gasteiger partial charge >= 0.3 is 0 Å². The highest BCUT2D eigenvalue weighted by Crippen LogP contribution is 2.27. The molecule has 4 nitrogen and oxygen atoms in total. The zero-order valence-corrected chi connectivity index (χ0v) is 12.9. The van der Waals surface area contributed by atoms with Crippen LogP contribution in [0.25, 0.3) is 0 Å². The van der Waals surface area contributed by atoms with Crippen molar-refractivity contribution in [2.75, 3.05) is 33.4 Å². The van der Waals surface area contributed by atoms with E-state index in [0.717, 1.165) is 13.0 Å². The summed E-state index contributed by atoms with van der Waals surface area (Å²) in [7, 11) is 1.69. The van der Waals surface area contributed by atoms with Gasteiger partial charge in [0.25, 0.3) is 0 Å². The predicted octanol–water partition coefficient (Wildman–Crippen LogP) is 1.71. The van der Waals surface area contributed by atoms with Crippen LogP contribution in [-0.2, 0) is 4.74 Å². The Labute approximate surface area is 122 Å². The van der Waals surface area contributed by atoms with Crippen LogP contribution in [0.1, 0.15) is 30.5 Å². The number of aliphatic hydroxyl groups excluding tert-OH is 1. The minimum Gasteiger partial charge on any atom is -0.395 e. The number of methoxy groups -OCH3 is 1. The lowest BCUT2D eigenvalue weighted by molar-refractivity contribution is 0.0897. The highest BCUT2D eigenvalue weighted by atomic mass is 16.5. The SMILES string of the molecule is CCC(N)C(c1ccccc1C)N(CCO)CCOC. The first kappa shape index (κ1) is 17.1. The maximum absolute atomic E-state index is 9.33. The van der Waals surface area contributed by atoms with Crippen LogP contribution in [-0.4, -0.2) is 49.5 Å². The fraction of sp³-hybridized carbons (Fsp3) is 0.625. The van der Waals surface area contributed by atoms with Crippen molar-refractivity contribution in [3.8, 4) is 0 Å². The molecule has 0 bridgehead atoms. The van der Waals surface area contributed by atoms with Crippen molar-refractivity contribution >= 4 is 0 Å². The Morgan fingerprint density at radius 1 is 1.30 bits per heavy atom. The van der Waals surface area contributed by atoms with Crippen molar-refractivity contribution in [1.82, 2.24) is 4.90 Å². The van der Waals surface area contributed by atoms with Gasteiger partial charge in [0.2, 0.25) is 0 Å². The first-order valence-electron chi connectivity index (χ1n) is 7.30. The monoisotopic (exact) mass is 280 g/mol. The number of nitrogens with two attached hydrogens (primary N) is 1. The Balaban J connectivity index is 3.05. The van der Waals surface area contributed by atoms with Gasteiger partial charge in [-0.2, -0.15) is 0 Å². The van der Waals surface area contributed by atoms with E-state index in [0.29, 0.717) is 13.2 Å². The third-order valence-corrected chi connectivity index (χ3v) is 3.75. The number of aliphatic hydroxyl groups is 1. The number of aryl methyl sites for hydroxylation is 1. The molecular weight excluding hydrogens is 252 g/mol. The lowest BCUT2D eigenvalue weighted by atomic mass is 9.93. The Bertz CT molecular complexity index is 384. The Kier molecular flexibility index (Phi) is 7.77. The van der Waals surface area contributed by atoms with E-state index in [1.165, 1.54) is 11.1 Å². The molecule has 0 saturated carbocycles. The van der Waals surface area contributed by atoms with Gasteiger partial charge < -0.3 is 15.6 Å². The quantitative estimate of drug-likeness (QED) is 0.723. The molecule has 3 N–H and O–H groups in total. The molecule has 114 valence electrons. The van der Waals surface area contributed by atoms with E-state index in [1.807, 2.05) is 12.1 Å². The largest absolute Gasteiger partial charge is 0.395 e. The minimum atomic E-state index is 0.0412. The topological polar surface area (TPSA) is 58.7 Å². The fourth-order valence-corrected chi connectivity index (χ4v) is 2.57. The highest BCUT2D eigenvalue weighted by molar-refractivity contribution is 5.30. The molecule has 1 rings (SSSR count). The van der Waals surface area contributed by atoms with Crippen molar-refractivity contribution in [3.05, 3.63) is 35.4 Å². The van der Waals surface area contributed by atoms with Gasteiger partial charge in [-0.1, -0.05) is 31.2 Å². The van der Waals surface area contributed by atoms with Crippen LogP contribution in [0.15, 0.2) is 24.3 Å². The molecule has 0 fully saturated rings. The van der Waals surface area contributed by atoms with E-state index in [-0.39, 0.29) is 18.7 Å². The molecule has 1 aromatic carbocycles. The molecule has 0 saturated heterocycles. The molecule has 4 heteroatoms. The summed E-state index contributed by atoms with van der Waals surface area (Å²) in [6, 6.07) is 8.48. The van der Waals surface area contributed by atoms with Crippen molar-refractivity contribution in [2.24, 2.45) is 5.73 Å². The molecule has 2 atom stereocenters. The van der Waals surface area contributed by atoms with Crippen molar-refractivity contribution in [1.29, 1.82) is 0 Å². The molecule has 0 aliphatic rings. The van der Waals surface area contributed by atoms with Gasteiger partial charge in [-0.15, -0.1) is 0 Å². The Morgan fingerprint density at radius 3 is 2.55 bits per heavy atom. The lowest BCUT2D eigenvalue weighted by Gasteiger charge is -2.36. The van der Waals surface area contributed by atoms with E-state index in [4.69, 9.17) is 10.5 Å². The second-order valence-electron chi connectivity index (χ2n) is 5.13. The van der Waals surface area contributed by atoms with Gasteiger partial charge in [0.15, 0.2) is 0 Å². The highest BCUT2D eigenvalue weighted by Gasteiger charge is 2.26. The summed E-state index contributed by atoms with van der Waals surface area (Å²) in [6.45, 7) is 6.35. The van der Waals surface area contributed by atoms with Crippen LogP contribution in [0.2, 0.25) is 0 Å². The number of hydrogen-bond acceptors (Lipinski definition) is 4.